The second-order valence-corrected chi connectivity index (χ2v) is 18.2. The summed E-state index contributed by atoms with van der Waals surface area (Å²) in [5.74, 6) is -0.0402. The van der Waals surface area contributed by atoms with E-state index in [1.807, 2.05) is 12.1 Å². The third-order valence-corrected chi connectivity index (χ3v) is 11.6. The summed E-state index contributed by atoms with van der Waals surface area (Å²) in [6.07, 6.45) is 7.53. The number of unbranched alkanes of at least 4 members (excludes halogenated alkanes) is 4. The molecule has 0 spiro atoms. The molecule has 0 aliphatic heterocycles. The zero-order chi connectivity index (χ0) is 32.7. The molecule has 0 unspecified atom stereocenters. The van der Waals surface area contributed by atoms with E-state index in [1.165, 1.54) is 0 Å². The highest BCUT2D eigenvalue weighted by Gasteiger charge is 2.37. The van der Waals surface area contributed by atoms with Crippen molar-refractivity contribution in [3.05, 3.63) is 28.8 Å². The van der Waals surface area contributed by atoms with Gasteiger partial charge in [0, 0.05) is 0 Å². The maximum atomic E-state index is 14.2. The Morgan fingerprint density at radius 2 is 0.930 bits per heavy atom. The van der Waals surface area contributed by atoms with Gasteiger partial charge in [0.25, 0.3) is 0 Å². The molecule has 0 bridgehead atoms. The fourth-order valence-electron chi connectivity index (χ4n) is 4.79. The summed E-state index contributed by atoms with van der Waals surface area (Å²) in [6.45, 7) is 22.2. The van der Waals surface area contributed by atoms with Gasteiger partial charge < -0.3 is 23.2 Å². The Hall–Kier alpha value is -0.680. The van der Waals surface area contributed by atoms with Crippen molar-refractivity contribution in [3.63, 3.8) is 0 Å². The zero-order valence-corrected chi connectivity index (χ0v) is 30.9. The Labute approximate surface area is 264 Å². The molecule has 0 saturated carbocycles. The molecule has 0 atom stereocenters. The number of rotatable bonds is 22. The van der Waals surface area contributed by atoms with E-state index in [9.17, 15) is 14.2 Å². The molecule has 1 aromatic carbocycles. The summed E-state index contributed by atoms with van der Waals surface area (Å²) in [6, 6.07) is 4.08. The average Bonchev–Trinajstić information content (AvgIpc) is 2.89. The fraction of sp³-hybridized carbons (Fsp3) is 0.824. The minimum Gasteiger partial charge on any atom is -0.507 e. The summed E-state index contributed by atoms with van der Waals surface area (Å²) < 4.78 is 52.4. The summed E-state index contributed by atoms with van der Waals surface area (Å²) in [5.41, 5.74) is 2.12. The molecule has 1 aromatic rings. The van der Waals surface area contributed by atoms with Gasteiger partial charge in [-0.15, -0.1) is 0 Å². The number of hydrogen-bond acceptors (Lipinski definition) is 7. The van der Waals surface area contributed by atoms with Gasteiger partial charge in [0.1, 0.15) is 5.75 Å². The molecular weight excluding hydrogens is 582 g/mol. The first-order valence-electron chi connectivity index (χ1n) is 16.7. The maximum Gasteiger partial charge on any atom is 0.330 e. The normalized spacial score (nSPS) is 13.3. The Kier molecular flexibility index (Phi) is 17.9. The van der Waals surface area contributed by atoms with E-state index in [-0.39, 0.29) is 29.1 Å². The van der Waals surface area contributed by atoms with Crippen LogP contribution in [-0.4, -0.2) is 43.9 Å². The van der Waals surface area contributed by atoms with Crippen LogP contribution in [0, 0.1) is 5.92 Å². The van der Waals surface area contributed by atoms with Crippen molar-refractivity contribution in [2.45, 2.75) is 138 Å². The van der Waals surface area contributed by atoms with Crippen LogP contribution in [-0.2, 0) is 44.5 Å². The van der Waals surface area contributed by atoms with Gasteiger partial charge in [-0.2, -0.15) is 0 Å². The maximum absolute atomic E-state index is 14.2. The Morgan fingerprint density at radius 3 is 1.19 bits per heavy atom. The van der Waals surface area contributed by atoms with Crippen molar-refractivity contribution in [1.82, 2.24) is 0 Å². The van der Waals surface area contributed by atoms with Crippen LogP contribution in [0.25, 0.3) is 0 Å². The van der Waals surface area contributed by atoms with E-state index >= 15 is 0 Å². The molecule has 0 radical (unpaired) electrons. The molecule has 0 aromatic heterocycles. The molecular formula is C34H64O7P2. The predicted octanol–water partition coefficient (Wildman–Crippen LogP) is 10.8. The van der Waals surface area contributed by atoms with Gasteiger partial charge in [-0.1, -0.05) is 107 Å². The Balaban J connectivity index is 3.64. The van der Waals surface area contributed by atoms with Crippen molar-refractivity contribution in [2.24, 2.45) is 5.92 Å². The van der Waals surface area contributed by atoms with Gasteiger partial charge in [-0.25, -0.2) is 0 Å². The molecule has 43 heavy (non-hydrogen) atoms. The second kappa shape index (κ2) is 19.1. The van der Waals surface area contributed by atoms with Crippen molar-refractivity contribution < 1.29 is 32.3 Å². The van der Waals surface area contributed by atoms with Gasteiger partial charge in [0.05, 0.1) is 38.8 Å². The van der Waals surface area contributed by atoms with Crippen LogP contribution in [0.3, 0.4) is 0 Å². The molecule has 0 aliphatic rings. The van der Waals surface area contributed by atoms with Crippen LogP contribution in [0.15, 0.2) is 12.1 Å². The number of benzene rings is 1. The lowest BCUT2D eigenvalue weighted by Gasteiger charge is -2.30. The monoisotopic (exact) mass is 646 g/mol. The number of hydrogen-bond donors (Lipinski definition) is 1. The highest BCUT2D eigenvalue weighted by atomic mass is 31.2. The Bertz CT molecular complexity index is 924. The van der Waals surface area contributed by atoms with Gasteiger partial charge in [0.2, 0.25) is 0 Å². The van der Waals surface area contributed by atoms with E-state index in [0.29, 0.717) is 38.6 Å². The van der Waals surface area contributed by atoms with Gasteiger partial charge in [-0.05, 0) is 65.5 Å². The number of phenolic OH excluding ortho intramolecular Hbond substituents is 1. The molecule has 0 amide bonds. The van der Waals surface area contributed by atoms with Gasteiger partial charge in [0.15, 0.2) is 0 Å². The smallest absolute Gasteiger partial charge is 0.330 e. The van der Waals surface area contributed by atoms with Crippen LogP contribution >= 0.6 is 15.2 Å². The second-order valence-electron chi connectivity index (χ2n) is 13.9. The molecule has 9 heteroatoms. The first-order chi connectivity index (χ1) is 20.0. The zero-order valence-electron chi connectivity index (χ0n) is 29.1. The first kappa shape index (κ1) is 40.3. The van der Waals surface area contributed by atoms with E-state index in [4.69, 9.17) is 18.1 Å². The van der Waals surface area contributed by atoms with Crippen LogP contribution in [0.1, 0.15) is 137 Å². The molecule has 1 rings (SSSR count). The lowest BCUT2D eigenvalue weighted by Crippen LogP contribution is -2.22. The van der Waals surface area contributed by atoms with E-state index in [1.54, 1.807) is 0 Å². The van der Waals surface area contributed by atoms with Crippen molar-refractivity contribution in [2.75, 3.05) is 38.8 Å². The van der Waals surface area contributed by atoms with Crippen LogP contribution < -0.4 is 0 Å². The minimum atomic E-state index is -3.50. The van der Waals surface area contributed by atoms with Crippen molar-refractivity contribution in [3.8, 4) is 5.75 Å². The molecule has 252 valence electrons. The van der Waals surface area contributed by atoms with Crippen LogP contribution in [0.4, 0.5) is 0 Å². The lowest BCUT2D eigenvalue weighted by atomic mass is 9.77. The van der Waals surface area contributed by atoms with E-state index < -0.39 is 15.2 Å². The number of aromatic hydroxyl groups is 1. The quantitative estimate of drug-likeness (QED) is 0.0990. The first-order valence-corrected chi connectivity index (χ1v) is 20.1. The number of phenols is 1. The molecule has 7 nitrogen and oxygen atoms in total. The molecule has 1 N–H and O–H groups in total. The highest BCUT2D eigenvalue weighted by Crippen LogP contribution is 2.56. The molecule has 0 heterocycles. The Morgan fingerprint density at radius 1 is 0.628 bits per heavy atom. The summed E-state index contributed by atoms with van der Waals surface area (Å²) >= 11 is 0. The summed E-state index contributed by atoms with van der Waals surface area (Å²) in [5, 5.41) is 11.3. The third kappa shape index (κ3) is 15.0. The van der Waals surface area contributed by atoms with Crippen molar-refractivity contribution >= 4 is 15.2 Å². The standard InChI is InChI=1S/C34H64O7P2/c1-11-15-19-38-42(36,39-20-16-12-2)26-29(27-43(37,40-21-17-13-3)41-22-18-14-4)23-28-24-30(33(5,6)7)32(35)31(25-28)34(8,9)10/h24-25,29,35H,11-23,26-27H2,1-10H3. The molecule has 0 aliphatic carbocycles. The minimum absolute atomic E-state index is 0.120. The van der Waals surface area contributed by atoms with Gasteiger partial charge in [-0.3, -0.25) is 9.13 Å². The van der Waals surface area contributed by atoms with Crippen LogP contribution in [0.5, 0.6) is 5.75 Å². The highest BCUT2D eigenvalue weighted by molar-refractivity contribution is 7.55. The molecule has 0 saturated heterocycles. The SMILES string of the molecule is CCCCOP(=O)(CC(Cc1cc(C(C)(C)C)c(O)c(C(C)(C)C)c1)CP(=O)(OCCCC)OCCCC)OCCCC. The summed E-state index contributed by atoms with van der Waals surface area (Å²) in [4.78, 5) is 0. The molecule has 0 fully saturated rings. The third-order valence-electron chi connectivity index (χ3n) is 7.42. The van der Waals surface area contributed by atoms with Gasteiger partial charge >= 0.3 is 15.2 Å². The fourth-order valence-corrected chi connectivity index (χ4v) is 8.97. The van der Waals surface area contributed by atoms with Crippen molar-refractivity contribution in [1.29, 1.82) is 0 Å². The van der Waals surface area contributed by atoms with E-state index in [2.05, 4.69) is 69.2 Å². The predicted molar refractivity (Wildman–Crippen MR) is 181 cm³/mol. The lowest BCUT2D eigenvalue weighted by molar-refractivity contribution is 0.190. The average molecular weight is 647 g/mol. The topological polar surface area (TPSA) is 91.3 Å². The van der Waals surface area contributed by atoms with E-state index in [0.717, 1.165) is 68.1 Å². The largest absolute Gasteiger partial charge is 0.507 e. The summed E-state index contributed by atoms with van der Waals surface area (Å²) in [7, 11) is -7.00. The van der Waals surface area contributed by atoms with Crippen LogP contribution in [0.2, 0.25) is 0 Å².